The lowest BCUT2D eigenvalue weighted by molar-refractivity contribution is -0.138. The highest BCUT2D eigenvalue weighted by Gasteiger charge is 2.23. The van der Waals surface area contributed by atoms with Crippen molar-refractivity contribution < 1.29 is 18.3 Å². The first-order valence-electron chi connectivity index (χ1n) is 4.92. The third-order valence-electron chi connectivity index (χ3n) is 2.15. The van der Waals surface area contributed by atoms with Crippen molar-refractivity contribution in [3.05, 3.63) is 35.9 Å². The predicted octanol–water partition coefficient (Wildman–Crippen LogP) is -0.264. The van der Waals surface area contributed by atoms with Gasteiger partial charge in [0.1, 0.15) is 6.04 Å². The molecular formula is C10H14N2O4S. The van der Waals surface area contributed by atoms with Gasteiger partial charge in [-0.1, -0.05) is 30.3 Å². The van der Waals surface area contributed by atoms with Crippen LogP contribution in [0.3, 0.4) is 0 Å². The second-order valence-corrected chi connectivity index (χ2v) is 5.06. The molecule has 17 heavy (non-hydrogen) atoms. The van der Waals surface area contributed by atoms with Crippen LogP contribution in [0.1, 0.15) is 5.56 Å². The molecule has 0 saturated heterocycles. The van der Waals surface area contributed by atoms with E-state index in [1.165, 1.54) is 7.05 Å². The lowest BCUT2D eigenvalue weighted by Gasteiger charge is -2.14. The number of aliphatic carboxylic acids is 1. The molecule has 0 amide bonds. The quantitative estimate of drug-likeness (QED) is 0.655. The molecule has 0 aliphatic carbocycles. The van der Waals surface area contributed by atoms with Gasteiger partial charge < -0.3 is 5.11 Å². The van der Waals surface area contributed by atoms with Crippen LogP contribution in [0, 0.1) is 0 Å². The number of nitrogens with one attached hydrogen (secondary N) is 2. The van der Waals surface area contributed by atoms with E-state index < -0.39 is 22.2 Å². The molecule has 0 saturated carbocycles. The van der Waals surface area contributed by atoms with Crippen molar-refractivity contribution in [2.75, 3.05) is 7.05 Å². The average Bonchev–Trinajstić information content (AvgIpc) is 2.29. The van der Waals surface area contributed by atoms with Gasteiger partial charge in [0, 0.05) is 7.05 Å². The summed E-state index contributed by atoms with van der Waals surface area (Å²) < 4.78 is 26.5. The Labute approximate surface area is 99.8 Å². The van der Waals surface area contributed by atoms with Gasteiger partial charge in [-0.3, -0.25) is 4.79 Å². The summed E-state index contributed by atoms with van der Waals surface area (Å²) in [6, 6.07) is 7.63. The number of carbonyl (C=O) groups is 1. The minimum Gasteiger partial charge on any atom is -0.480 e. The molecule has 0 fully saturated rings. The number of hydrogen-bond donors (Lipinski definition) is 3. The van der Waals surface area contributed by atoms with E-state index in [-0.39, 0.29) is 6.42 Å². The Morgan fingerprint density at radius 1 is 1.35 bits per heavy atom. The second kappa shape index (κ2) is 5.76. The van der Waals surface area contributed by atoms with Gasteiger partial charge in [0.25, 0.3) is 10.2 Å². The molecule has 1 aromatic rings. The van der Waals surface area contributed by atoms with Crippen molar-refractivity contribution >= 4 is 16.2 Å². The molecule has 94 valence electrons. The van der Waals surface area contributed by atoms with Gasteiger partial charge in [-0.05, 0) is 12.0 Å². The molecule has 0 heterocycles. The van der Waals surface area contributed by atoms with E-state index in [1.807, 2.05) is 4.72 Å². The molecule has 6 nitrogen and oxygen atoms in total. The zero-order chi connectivity index (χ0) is 12.9. The zero-order valence-electron chi connectivity index (χ0n) is 9.25. The zero-order valence-corrected chi connectivity index (χ0v) is 10.1. The van der Waals surface area contributed by atoms with Gasteiger partial charge in [-0.25, -0.2) is 4.72 Å². The Balaban J connectivity index is 2.78. The number of hydrogen-bond acceptors (Lipinski definition) is 3. The highest BCUT2D eigenvalue weighted by molar-refractivity contribution is 7.87. The van der Waals surface area contributed by atoms with E-state index in [0.29, 0.717) is 0 Å². The Bertz CT molecular complexity index is 472. The summed E-state index contributed by atoms with van der Waals surface area (Å²) in [4.78, 5) is 10.9. The number of rotatable bonds is 6. The lowest BCUT2D eigenvalue weighted by Crippen LogP contribution is -2.46. The van der Waals surface area contributed by atoms with Crippen LogP contribution in [-0.2, 0) is 21.4 Å². The Morgan fingerprint density at radius 3 is 2.41 bits per heavy atom. The first-order valence-corrected chi connectivity index (χ1v) is 6.40. The smallest absolute Gasteiger partial charge is 0.322 e. The summed E-state index contributed by atoms with van der Waals surface area (Å²) in [5.74, 6) is -1.22. The molecular weight excluding hydrogens is 244 g/mol. The summed E-state index contributed by atoms with van der Waals surface area (Å²) in [6.07, 6.45) is 0.0943. The van der Waals surface area contributed by atoms with E-state index in [4.69, 9.17) is 5.11 Å². The minimum absolute atomic E-state index is 0.0943. The van der Waals surface area contributed by atoms with E-state index >= 15 is 0 Å². The van der Waals surface area contributed by atoms with Crippen molar-refractivity contribution in [1.29, 1.82) is 0 Å². The summed E-state index contributed by atoms with van der Waals surface area (Å²) in [5.41, 5.74) is 0.749. The molecule has 0 bridgehead atoms. The summed E-state index contributed by atoms with van der Waals surface area (Å²) in [7, 11) is -2.55. The van der Waals surface area contributed by atoms with Gasteiger partial charge in [0.2, 0.25) is 0 Å². The first kappa shape index (κ1) is 13.6. The standard InChI is InChI=1S/C10H14N2O4S/c1-11-17(15,16)12-9(10(13)14)7-8-5-3-2-4-6-8/h2-6,9,11-12H,7H2,1H3,(H,13,14)/t9-/m0/s1. The van der Waals surface area contributed by atoms with Crippen LogP contribution in [0.25, 0.3) is 0 Å². The molecule has 0 aromatic heterocycles. The van der Waals surface area contributed by atoms with Crippen LogP contribution < -0.4 is 9.44 Å². The van der Waals surface area contributed by atoms with E-state index in [1.54, 1.807) is 30.3 Å². The SMILES string of the molecule is CNS(=O)(=O)N[C@@H](Cc1ccccc1)C(=O)O. The van der Waals surface area contributed by atoms with Crippen molar-refractivity contribution in [2.45, 2.75) is 12.5 Å². The van der Waals surface area contributed by atoms with Gasteiger partial charge in [-0.2, -0.15) is 13.1 Å². The third-order valence-corrected chi connectivity index (χ3v) is 3.28. The molecule has 0 aliphatic rings. The van der Waals surface area contributed by atoms with Gasteiger partial charge in [-0.15, -0.1) is 0 Å². The maximum atomic E-state index is 11.2. The largest absolute Gasteiger partial charge is 0.480 e. The molecule has 1 atom stereocenters. The Hall–Kier alpha value is -1.44. The van der Waals surface area contributed by atoms with Crippen LogP contribution in [0.5, 0.6) is 0 Å². The van der Waals surface area contributed by atoms with Crippen molar-refractivity contribution in [3.63, 3.8) is 0 Å². The summed E-state index contributed by atoms with van der Waals surface area (Å²) in [6.45, 7) is 0. The first-order chi connectivity index (χ1) is 7.94. The summed E-state index contributed by atoms with van der Waals surface area (Å²) in [5, 5.41) is 8.94. The minimum atomic E-state index is -3.76. The fourth-order valence-corrected chi connectivity index (χ4v) is 1.95. The van der Waals surface area contributed by atoms with E-state index in [2.05, 4.69) is 4.72 Å². The van der Waals surface area contributed by atoms with Gasteiger partial charge >= 0.3 is 5.97 Å². The van der Waals surface area contributed by atoms with Crippen LogP contribution in [0.4, 0.5) is 0 Å². The highest BCUT2D eigenvalue weighted by Crippen LogP contribution is 2.04. The fourth-order valence-electron chi connectivity index (χ4n) is 1.28. The van der Waals surface area contributed by atoms with Crippen LogP contribution in [0.2, 0.25) is 0 Å². The van der Waals surface area contributed by atoms with E-state index in [9.17, 15) is 13.2 Å². The molecule has 1 rings (SSSR count). The Morgan fingerprint density at radius 2 is 1.94 bits per heavy atom. The third kappa shape index (κ3) is 4.51. The number of benzene rings is 1. The molecule has 3 N–H and O–H groups in total. The summed E-state index contributed by atoms with van der Waals surface area (Å²) >= 11 is 0. The fraction of sp³-hybridized carbons (Fsp3) is 0.300. The van der Waals surface area contributed by atoms with Gasteiger partial charge in [0.05, 0.1) is 0 Å². The van der Waals surface area contributed by atoms with Crippen molar-refractivity contribution in [1.82, 2.24) is 9.44 Å². The molecule has 0 unspecified atom stereocenters. The predicted molar refractivity (Wildman–Crippen MR) is 62.7 cm³/mol. The maximum Gasteiger partial charge on any atom is 0.322 e. The normalized spacial score (nSPS) is 13.2. The molecule has 0 aliphatic heterocycles. The second-order valence-electron chi connectivity index (χ2n) is 3.41. The van der Waals surface area contributed by atoms with Gasteiger partial charge in [0.15, 0.2) is 0 Å². The van der Waals surface area contributed by atoms with Crippen LogP contribution in [0.15, 0.2) is 30.3 Å². The van der Waals surface area contributed by atoms with Crippen molar-refractivity contribution in [3.8, 4) is 0 Å². The molecule has 7 heteroatoms. The Kier molecular flexibility index (Phi) is 4.62. The topological polar surface area (TPSA) is 95.5 Å². The van der Waals surface area contributed by atoms with Crippen molar-refractivity contribution in [2.24, 2.45) is 0 Å². The molecule has 1 aromatic carbocycles. The highest BCUT2D eigenvalue weighted by atomic mass is 32.2. The van der Waals surface area contributed by atoms with Crippen LogP contribution >= 0.6 is 0 Å². The molecule has 0 spiro atoms. The maximum absolute atomic E-state index is 11.2. The lowest BCUT2D eigenvalue weighted by atomic mass is 10.1. The molecule has 0 radical (unpaired) electrons. The monoisotopic (exact) mass is 258 g/mol. The number of carboxylic acids is 1. The van der Waals surface area contributed by atoms with E-state index in [0.717, 1.165) is 5.56 Å². The average molecular weight is 258 g/mol. The number of carboxylic acid groups (broad SMARTS) is 1. The van der Waals surface area contributed by atoms with Crippen LogP contribution in [-0.4, -0.2) is 32.6 Å².